The van der Waals surface area contributed by atoms with Gasteiger partial charge in [-0.25, -0.2) is 13.4 Å². The van der Waals surface area contributed by atoms with Crippen LogP contribution in [0.15, 0.2) is 28.5 Å². The van der Waals surface area contributed by atoms with Gasteiger partial charge in [-0.2, -0.15) is 9.57 Å². The van der Waals surface area contributed by atoms with E-state index in [2.05, 4.69) is 4.98 Å². The average Bonchev–Trinajstić information content (AvgIpc) is 2.84. The first-order chi connectivity index (χ1) is 9.84. The van der Waals surface area contributed by atoms with E-state index in [1.54, 1.807) is 0 Å². The largest absolute Gasteiger partial charge is 0.245 e. The van der Waals surface area contributed by atoms with Crippen molar-refractivity contribution in [1.29, 1.82) is 5.26 Å². The van der Waals surface area contributed by atoms with E-state index in [9.17, 15) is 8.42 Å². The van der Waals surface area contributed by atoms with Gasteiger partial charge in [0.15, 0.2) is 0 Å². The molecule has 0 atom stereocenters. The highest BCUT2D eigenvalue weighted by atomic mass is 35.5. The maximum Gasteiger partial charge on any atom is 0.244 e. The molecule has 2 rings (SSSR count). The van der Waals surface area contributed by atoms with Crippen LogP contribution in [-0.2, 0) is 16.6 Å². The summed E-state index contributed by atoms with van der Waals surface area (Å²) in [5.74, 6) is 0. The number of hydrogen-bond acceptors (Lipinski definition) is 5. The molecule has 0 spiro atoms. The number of aromatic nitrogens is 1. The molecule has 1 aromatic carbocycles. The van der Waals surface area contributed by atoms with Crippen molar-refractivity contribution in [3.63, 3.8) is 0 Å². The molecule has 5 nitrogen and oxygen atoms in total. The molecule has 0 unspecified atom stereocenters. The van der Waals surface area contributed by atoms with E-state index < -0.39 is 10.0 Å². The van der Waals surface area contributed by atoms with Crippen LogP contribution in [-0.4, -0.2) is 24.8 Å². The number of thiazole rings is 1. The van der Waals surface area contributed by atoms with Gasteiger partial charge in [-0.1, -0.05) is 11.6 Å². The first kappa shape index (κ1) is 15.9. The second-order valence-electron chi connectivity index (χ2n) is 4.38. The van der Waals surface area contributed by atoms with Gasteiger partial charge in [0.1, 0.15) is 4.90 Å². The number of nitriles is 1. The number of hydrogen-bond donors (Lipinski definition) is 0. The fourth-order valence-corrected chi connectivity index (χ4v) is 3.97. The highest BCUT2D eigenvalue weighted by Crippen LogP contribution is 2.26. The van der Waals surface area contributed by atoms with Gasteiger partial charge in [-0.05, 0) is 25.1 Å². The molecule has 0 N–H and O–H groups in total. The molecule has 0 saturated carbocycles. The Bertz CT molecular complexity index is 809. The summed E-state index contributed by atoms with van der Waals surface area (Å²) in [5.41, 5.74) is 0.923. The fourth-order valence-electron chi connectivity index (χ4n) is 1.73. The Balaban J connectivity index is 2.35. The first-order valence-electron chi connectivity index (χ1n) is 5.91. The summed E-state index contributed by atoms with van der Waals surface area (Å²) in [6, 6.07) is 6.07. The summed E-state index contributed by atoms with van der Waals surface area (Å²) in [6.45, 7) is 2.01. The number of sulfonamides is 1. The van der Waals surface area contributed by atoms with E-state index in [1.165, 1.54) is 40.9 Å². The van der Waals surface area contributed by atoms with Gasteiger partial charge in [0.05, 0.1) is 33.9 Å². The van der Waals surface area contributed by atoms with E-state index in [-0.39, 0.29) is 22.0 Å². The van der Waals surface area contributed by atoms with Crippen LogP contribution in [0.4, 0.5) is 0 Å². The average molecular weight is 342 g/mol. The Kier molecular flexibility index (Phi) is 4.64. The number of benzene rings is 1. The number of rotatable bonds is 4. The Morgan fingerprint density at radius 1 is 1.48 bits per heavy atom. The van der Waals surface area contributed by atoms with Crippen molar-refractivity contribution < 1.29 is 8.42 Å². The number of nitrogens with zero attached hydrogens (tertiary/aromatic N) is 3. The zero-order valence-electron chi connectivity index (χ0n) is 11.4. The van der Waals surface area contributed by atoms with Crippen LogP contribution in [0, 0.1) is 18.3 Å². The molecule has 2 aromatic rings. The molecule has 0 aliphatic carbocycles. The molecule has 0 aliphatic rings. The summed E-state index contributed by atoms with van der Waals surface area (Å²) >= 11 is 7.42. The molecule has 1 heterocycles. The van der Waals surface area contributed by atoms with Gasteiger partial charge in [0.2, 0.25) is 10.0 Å². The predicted octanol–water partition coefficient (Wildman–Crippen LogP) is 2.80. The van der Waals surface area contributed by atoms with Crippen molar-refractivity contribution in [2.45, 2.75) is 18.4 Å². The summed E-state index contributed by atoms with van der Waals surface area (Å²) in [4.78, 5) is 4.17. The molecule has 110 valence electrons. The summed E-state index contributed by atoms with van der Waals surface area (Å²) in [5, 5.41) is 11.7. The van der Waals surface area contributed by atoms with Crippen molar-refractivity contribution in [1.82, 2.24) is 9.29 Å². The van der Waals surface area contributed by atoms with Gasteiger partial charge in [-0.15, -0.1) is 11.3 Å². The van der Waals surface area contributed by atoms with Crippen LogP contribution >= 0.6 is 22.9 Å². The molecular formula is C13H12ClN3O2S2. The lowest BCUT2D eigenvalue weighted by atomic mass is 10.2. The summed E-state index contributed by atoms with van der Waals surface area (Å²) in [6.07, 6.45) is 0. The standard InChI is InChI=1S/C13H12ClN3O2S2/c1-9-16-11(8-20-9)7-17(2)21(18,19)13-5-10(6-15)3-4-12(13)14/h3-5,8H,7H2,1-2H3. The SMILES string of the molecule is Cc1nc(CN(C)S(=O)(=O)c2cc(C#N)ccc2Cl)cs1. The summed E-state index contributed by atoms with van der Waals surface area (Å²) in [7, 11) is -2.32. The van der Waals surface area contributed by atoms with E-state index in [0.29, 0.717) is 5.69 Å². The topological polar surface area (TPSA) is 74.1 Å². The third-order valence-electron chi connectivity index (χ3n) is 2.80. The quantitative estimate of drug-likeness (QED) is 0.857. The zero-order valence-corrected chi connectivity index (χ0v) is 13.8. The molecule has 21 heavy (non-hydrogen) atoms. The maximum absolute atomic E-state index is 12.5. The molecule has 0 radical (unpaired) electrons. The second-order valence-corrected chi connectivity index (χ2v) is 7.86. The molecule has 0 saturated heterocycles. The van der Waals surface area contributed by atoms with Gasteiger partial charge in [0.25, 0.3) is 0 Å². The molecule has 1 aromatic heterocycles. The number of aryl methyl sites for hydroxylation is 1. The van der Waals surface area contributed by atoms with E-state index in [1.807, 2.05) is 18.4 Å². The number of halogens is 1. The third kappa shape index (κ3) is 3.41. The van der Waals surface area contributed by atoms with E-state index in [0.717, 1.165) is 5.01 Å². The van der Waals surface area contributed by atoms with Crippen LogP contribution in [0.3, 0.4) is 0 Å². The normalized spacial score (nSPS) is 11.6. The van der Waals surface area contributed by atoms with E-state index >= 15 is 0 Å². The predicted molar refractivity (Wildman–Crippen MR) is 81.7 cm³/mol. The minimum Gasteiger partial charge on any atom is -0.245 e. The van der Waals surface area contributed by atoms with Crippen LogP contribution in [0.25, 0.3) is 0 Å². The minimum atomic E-state index is -3.78. The highest BCUT2D eigenvalue weighted by Gasteiger charge is 2.24. The van der Waals surface area contributed by atoms with Gasteiger partial charge in [-0.3, -0.25) is 0 Å². The Morgan fingerprint density at radius 3 is 2.76 bits per heavy atom. The van der Waals surface area contributed by atoms with Crippen molar-refractivity contribution in [2.75, 3.05) is 7.05 Å². The molecule has 8 heteroatoms. The van der Waals surface area contributed by atoms with Gasteiger partial charge < -0.3 is 0 Å². The third-order valence-corrected chi connectivity index (χ3v) is 5.91. The van der Waals surface area contributed by atoms with Crippen molar-refractivity contribution in [3.8, 4) is 6.07 Å². The minimum absolute atomic E-state index is 0.0716. The molecule has 0 aliphatic heterocycles. The van der Waals surface area contributed by atoms with Crippen LogP contribution in [0.2, 0.25) is 5.02 Å². The lowest BCUT2D eigenvalue weighted by Crippen LogP contribution is -2.27. The van der Waals surface area contributed by atoms with Crippen LogP contribution < -0.4 is 0 Å². The van der Waals surface area contributed by atoms with Crippen LogP contribution in [0.1, 0.15) is 16.3 Å². The van der Waals surface area contributed by atoms with Crippen molar-refractivity contribution >= 4 is 33.0 Å². The Labute approximate surface area is 132 Å². The first-order valence-corrected chi connectivity index (χ1v) is 8.61. The lowest BCUT2D eigenvalue weighted by molar-refractivity contribution is 0.463. The Morgan fingerprint density at radius 2 is 2.19 bits per heavy atom. The lowest BCUT2D eigenvalue weighted by Gasteiger charge is -2.17. The smallest absolute Gasteiger partial charge is 0.244 e. The highest BCUT2D eigenvalue weighted by molar-refractivity contribution is 7.89. The molecular weight excluding hydrogens is 330 g/mol. The fraction of sp³-hybridized carbons (Fsp3) is 0.231. The summed E-state index contributed by atoms with van der Waals surface area (Å²) < 4.78 is 26.3. The molecule has 0 fully saturated rings. The monoisotopic (exact) mass is 341 g/mol. The molecule has 0 amide bonds. The van der Waals surface area contributed by atoms with Crippen molar-refractivity contribution in [2.24, 2.45) is 0 Å². The van der Waals surface area contributed by atoms with Gasteiger partial charge in [0, 0.05) is 12.4 Å². The van der Waals surface area contributed by atoms with Crippen molar-refractivity contribution in [3.05, 3.63) is 44.9 Å². The molecule has 0 bridgehead atoms. The van der Waals surface area contributed by atoms with E-state index in [4.69, 9.17) is 16.9 Å². The van der Waals surface area contributed by atoms with Gasteiger partial charge >= 0.3 is 0 Å². The van der Waals surface area contributed by atoms with Crippen LogP contribution in [0.5, 0.6) is 0 Å². The Hall–Kier alpha value is -1.46. The zero-order chi connectivity index (χ0) is 15.6. The maximum atomic E-state index is 12.5. The second kappa shape index (κ2) is 6.12.